The molecule has 2 heterocycles. The fourth-order valence-electron chi connectivity index (χ4n) is 4.01. The maximum absolute atomic E-state index is 13.4. The van der Waals surface area contributed by atoms with Crippen molar-refractivity contribution in [1.82, 2.24) is 9.97 Å². The first-order chi connectivity index (χ1) is 15.6. The Morgan fingerprint density at radius 1 is 0.906 bits per heavy atom. The summed E-state index contributed by atoms with van der Waals surface area (Å²) in [6.45, 7) is 1.88. The van der Waals surface area contributed by atoms with Crippen molar-refractivity contribution in [3.8, 4) is 11.1 Å². The number of fused-ring (bicyclic) bond motifs is 2. The Morgan fingerprint density at radius 2 is 1.75 bits per heavy atom. The highest BCUT2D eigenvalue weighted by molar-refractivity contribution is 6.31. The molecule has 0 atom stereocenters. The molecule has 0 N–H and O–H groups in total. The highest BCUT2D eigenvalue weighted by Gasteiger charge is 2.19. The number of carbonyl (C=O) groups excluding carboxylic acids is 1. The van der Waals surface area contributed by atoms with Gasteiger partial charge in [0.05, 0.1) is 16.6 Å². The van der Waals surface area contributed by atoms with Crippen molar-refractivity contribution in [2.24, 2.45) is 0 Å². The van der Waals surface area contributed by atoms with E-state index in [1.54, 1.807) is 12.3 Å². The Hall–Kier alpha value is -3.82. The van der Waals surface area contributed by atoms with E-state index in [0.717, 1.165) is 38.5 Å². The Morgan fingerprint density at radius 3 is 2.59 bits per heavy atom. The van der Waals surface area contributed by atoms with Crippen molar-refractivity contribution >= 4 is 45.3 Å². The van der Waals surface area contributed by atoms with E-state index >= 15 is 0 Å². The Balaban J connectivity index is 1.64. The summed E-state index contributed by atoms with van der Waals surface area (Å²) in [5.74, 6) is -0.100. The number of halogens is 1. The summed E-state index contributed by atoms with van der Waals surface area (Å²) in [6.07, 6.45) is 5.20. The molecule has 3 nitrogen and oxygen atoms in total. The molecular formula is C28H19ClN2O. The van der Waals surface area contributed by atoms with Crippen LogP contribution in [-0.4, -0.2) is 15.8 Å². The molecule has 5 rings (SSSR count). The average Bonchev–Trinajstić information content (AvgIpc) is 2.82. The van der Waals surface area contributed by atoms with Gasteiger partial charge >= 0.3 is 0 Å². The van der Waals surface area contributed by atoms with Crippen LogP contribution in [0.3, 0.4) is 0 Å². The molecule has 154 valence electrons. The molecule has 0 amide bonds. The summed E-state index contributed by atoms with van der Waals surface area (Å²) in [5.41, 5.74) is 5.70. The molecule has 0 unspecified atom stereocenters. The second-order valence-electron chi connectivity index (χ2n) is 7.63. The largest absolute Gasteiger partial charge is 0.289 e. The zero-order valence-corrected chi connectivity index (χ0v) is 18.2. The standard InChI is InChI=1S/C28H19ClN2O/c1-18-27(26(32)14-10-19-9-11-20-8-5-15-30-25(20)16-19)28(21-6-3-2-4-7-21)23-17-22(29)12-13-24(23)31-18/h2-17H,1H3/b14-10+. The van der Waals surface area contributed by atoms with Gasteiger partial charge in [-0.2, -0.15) is 0 Å². The van der Waals surface area contributed by atoms with Gasteiger partial charge in [-0.1, -0.05) is 66.2 Å². The van der Waals surface area contributed by atoms with E-state index in [4.69, 9.17) is 16.6 Å². The van der Waals surface area contributed by atoms with Crippen LogP contribution in [0.4, 0.5) is 0 Å². The van der Waals surface area contributed by atoms with Crippen LogP contribution in [0.2, 0.25) is 5.02 Å². The summed E-state index contributed by atoms with van der Waals surface area (Å²) < 4.78 is 0. The van der Waals surface area contributed by atoms with Crippen molar-refractivity contribution in [2.45, 2.75) is 6.92 Å². The SMILES string of the molecule is Cc1nc2ccc(Cl)cc2c(-c2ccccc2)c1C(=O)/C=C/c1ccc2cccnc2c1. The fraction of sp³-hybridized carbons (Fsp3) is 0.0357. The monoisotopic (exact) mass is 434 g/mol. The minimum absolute atomic E-state index is 0.100. The Bertz CT molecular complexity index is 1510. The number of rotatable bonds is 4. The number of allylic oxidation sites excluding steroid dienone is 1. The van der Waals surface area contributed by atoms with Crippen LogP contribution >= 0.6 is 11.6 Å². The molecule has 0 spiro atoms. The number of hydrogen-bond donors (Lipinski definition) is 0. The second kappa shape index (κ2) is 8.37. The van der Waals surface area contributed by atoms with Crippen LogP contribution in [0.15, 0.2) is 91.1 Å². The Labute approximate surface area is 191 Å². The average molecular weight is 435 g/mol. The van der Waals surface area contributed by atoms with Crippen LogP contribution in [-0.2, 0) is 0 Å². The summed E-state index contributed by atoms with van der Waals surface area (Å²) in [7, 11) is 0. The molecule has 0 saturated heterocycles. The van der Waals surface area contributed by atoms with E-state index in [1.807, 2.05) is 91.9 Å². The fourth-order valence-corrected chi connectivity index (χ4v) is 4.18. The van der Waals surface area contributed by atoms with Crippen molar-refractivity contribution in [2.75, 3.05) is 0 Å². The normalized spacial score (nSPS) is 11.4. The van der Waals surface area contributed by atoms with Gasteiger partial charge in [0.15, 0.2) is 5.78 Å². The van der Waals surface area contributed by atoms with E-state index in [1.165, 1.54) is 0 Å². The van der Waals surface area contributed by atoms with Gasteiger partial charge in [-0.3, -0.25) is 14.8 Å². The molecule has 0 aliphatic carbocycles. The predicted molar refractivity (Wildman–Crippen MR) is 132 cm³/mol. The molecule has 0 saturated carbocycles. The van der Waals surface area contributed by atoms with Gasteiger partial charge in [-0.05, 0) is 54.5 Å². The molecule has 4 heteroatoms. The molecule has 0 fully saturated rings. The van der Waals surface area contributed by atoms with Crippen LogP contribution in [0.25, 0.3) is 39.0 Å². The minimum atomic E-state index is -0.100. The third kappa shape index (κ3) is 3.79. The van der Waals surface area contributed by atoms with Gasteiger partial charge in [-0.25, -0.2) is 0 Å². The van der Waals surface area contributed by atoms with Crippen molar-refractivity contribution in [1.29, 1.82) is 0 Å². The highest BCUT2D eigenvalue weighted by atomic mass is 35.5. The predicted octanol–water partition coefficient (Wildman–Crippen LogP) is 7.31. The first-order valence-corrected chi connectivity index (χ1v) is 10.7. The molecule has 3 aromatic carbocycles. The van der Waals surface area contributed by atoms with Crippen LogP contribution in [0.1, 0.15) is 21.6 Å². The van der Waals surface area contributed by atoms with Gasteiger partial charge in [0.2, 0.25) is 0 Å². The third-order valence-corrected chi connectivity index (χ3v) is 5.73. The van der Waals surface area contributed by atoms with Gasteiger partial charge in [-0.15, -0.1) is 0 Å². The number of nitrogens with zero attached hydrogens (tertiary/aromatic N) is 2. The maximum atomic E-state index is 13.4. The first kappa shape index (κ1) is 20.1. The Kier molecular flexibility index (Phi) is 5.26. The third-order valence-electron chi connectivity index (χ3n) is 5.49. The first-order valence-electron chi connectivity index (χ1n) is 10.3. The molecule has 0 bridgehead atoms. The lowest BCUT2D eigenvalue weighted by Gasteiger charge is -2.14. The van der Waals surface area contributed by atoms with Crippen molar-refractivity contribution < 1.29 is 4.79 Å². The second-order valence-corrected chi connectivity index (χ2v) is 8.06. The number of pyridine rings is 2. The van der Waals surface area contributed by atoms with Crippen LogP contribution in [0, 0.1) is 6.92 Å². The number of aryl methyl sites for hydroxylation is 1. The molecule has 0 aliphatic heterocycles. The lowest BCUT2D eigenvalue weighted by Crippen LogP contribution is -2.05. The van der Waals surface area contributed by atoms with Crippen LogP contribution in [0.5, 0.6) is 0 Å². The zero-order valence-electron chi connectivity index (χ0n) is 17.4. The smallest absolute Gasteiger partial charge is 0.188 e. The summed E-state index contributed by atoms with van der Waals surface area (Å²) >= 11 is 6.31. The quantitative estimate of drug-likeness (QED) is 0.220. The molecular weight excluding hydrogens is 416 g/mol. The molecule has 0 radical (unpaired) electrons. The van der Waals surface area contributed by atoms with Crippen molar-refractivity contribution in [3.05, 3.63) is 113 Å². The number of ketones is 1. The van der Waals surface area contributed by atoms with E-state index in [0.29, 0.717) is 16.3 Å². The summed E-state index contributed by atoms with van der Waals surface area (Å²) in [5, 5.41) is 2.53. The van der Waals surface area contributed by atoms with E-state index < -0.39 is 0 Å². The highest BCUT2D eigenvalue weighted by Crippen LogP contribution is 2.35. The lowest BCUT2D eigenvalue weighted by atomic mass is 9.92. The molecule has 0 aliphatic rings. The minimum Gasteiger partial charge on any atom is -0.289 e. The zero-order chi connectivity index (χ0) is 22.1. The summed E-state index contributed by atoms with van der Waals surface area (Å²) in [4.78, 5) is 22.5. The van der Waals surface area contributed by atoms with E-state index in [9.17, 15) is 4.79 Å². The van der Waals surface area contributed by atoms with E-state index in [2.05, 4.69) is 4.98 Å². The maximum Gasteiger partial charge on any atom is 0.188 e. The van der Waals surface area contributed by atoms with Gasteiger partial charge in [0, 0.05) is 33.2 Å². The number of benzene rings is 3. The van der Waals surface area contributed by atoms with Gasteiger partial charge in [0.25, 0.3) is 0 Å². The van der Waals surface area contributed by atoms with Crippen LogP contribution < -0.4 is 0 Å². The van der Waals surface area contributed by atoms with Gasteiger partial charge < -0.3 is 0 Å². The van der Waals surface area contributed by atoms with E-state index in [-0.39, 0.29) is 5.78 Å². The molecule has 2 aromatic heterocycles. The number of hydrogen-bond acceptors (Lipinski definition) is 3. The van der Waals surface area contributed by atoms with Gasteiger partial charge in [0.1, 0.15) is 0 Å². The van der Waals surface area contributed by atoms with Crippen molar-refractivity contribution in [3.63, 3.8) is 0 Å². The number of carbonyl (C=O) groups is 1. The number of aromatic nitrogens is 2. The lowest BCUT2D eigenvalue weighted by molar-refractivity contribution is 0.104. The molecule has 32 heavy (non-hydrogen) atoms. The molecule has 5 aromatic rings. The topological polar surface area (TPSA) is 42.9 Å². The summed E-state index contributed by atoms with van der Waals surface area (Å²) in [6, 6.07) is 25.4.